The Labute approximate surface area is 118 Å². The highest BCUT2D eigenvalue weighted by Crippen LogP contribution is 2.31. The van der Waals surface area contributed by atoms with Gasteiger partial charge in [-0.05, 0) is 6.07 Å². The summed E-state index contributed by atoms with van der Waals surface area (Å²) in [6.45, 7) is -0.425. The zero-order valence-electron chi connectivity index (χ0n) is 11.2. The molecular weight excluding hydrogens is 280 g/mol. The molecule has 21 heavy (non-hydrogen) atoms. The number of aliphatic hydroxyl groups is 3. The van der Waals surface area contributed by atoms with Gasteiger partial charge < -0.3 is 30.4 Å². The first-order valence-electron chi connectivity index (χ1n) is 6.41. The van der Waals surface area contributed by atoms with E-state index >= 15 is 0 Å². The summed E-state index contributed by atoms with van der Waals surface area (Å²) in [5, 5.41) is 29.3. The summed E-state index contributed by atoms with van der Waals surface area (Å²) in [7, 11) is 1.51. The van der Waals surface area contributed by atoms with E-state index in [2.05, 4.69) is 4.98 Å². The summed E-state index contributed by atoms with van der Waals surface area (Å²) in [6, 6.07) is 1.54. The van der Waals surface area contributed by atoms with Crippen molar-refractivity contribution in [1.29, 1.82) is 0 Å². The van der Waals surface area contributed by atoms with Crippen molar-refractivity contribution >= 4 is 17.0 Å². The van der Waals surface area contributed by atoms with E-state index in [4.69, 9.17) is 15.6 Å². The fourth-order valence-corrected chi connectivity index (χ4v) is 2.51. The molecule has 1 aliphatic rings. The number of nitrogen functional groups attached to an aromatic ring is 1. The van der Waals surface area contributed by atoms with Gasteiger partial charge in [0.05, 0.1) is 12.0 Å². The van der Waals surface area contributed by atoms with Crippen LogP contribution in [-0.2, 0) is 11.8 Å². The van der Waals surface area contributed by atoms with Gasteiger partial charge in [0, 0.05) is 13.2 Å². The number of anilines is 1. The van der Waals surface area contributed by atoms with Gasteiger partial charge in [0.2, 0.25) is 5.95 Å². The van der Waals surface area contributed by atoms with Crippen molar-refractivity contribution in [2.75, 3.05) is 12.3 Å². The summed E-state index contributed by atoms with van der Waals surface area (Å²) >= 11 is 0. The maximum absolute atomic E-state index is 12.1. The normalized spacial score (nSPS) is 29.3. The summed E-state index contributed by atoms with van der Waals surface area (Å²) < 4.78 is 8.06. The predicted molar refractivity (Wildman–Crippen MR) is 72.4 cm³/mol. The van der Waals surface area contributed by atoms with Crippen LogP contribution in [0.3, 0.4) is 0 Å². The van der Waals surface area contributed by atoms with Crippen molar-refractivity contribution in [2.45, 2.75) is 24.5 Å². The molecule has 0 aliphatic carbocycles. The van der Waals surface area contributed by atoms with Crippen LogP contribution in [0.2, 0.25) is 0 Å². The number of aromatic nitrogens is 3. The van der Waals surface area contributed by atoms with Gasteiger partial charge in [0.25, 0.3) is 5.56 Å². The van der Waals surface area contributed by atoms with Gasteiger partial charge in [0.15, 0.2) is 11.9 Å². The van der Waals surface area contributed by atoms with Crippen LogP contribution in [-0.4, -0.2) is 54.4 Å². The highest BCUT2D eigenvalue weighted by Gasteiger charge is 2.43. The molecule has 3 heterocycles. The molecule has 9 nitrogen and oxygen atoms in total. The number of nitrogens with two attached hydrogens (primary N) is 1. The maximum Gasteiger partial charge on any atom is 0.264 e. The van der Waals surface area contributed by atoms with E-state index < -0.39 is 31.1 Å². The Balaban J connectivity index is 2.12. The molecule has 0 spiro atoms. The second kappa shape index (κ2) is 4.81. The molecule has 2 aromatic heterocycles. The van der Waals surface area contributed by atoms with E-state index in [1.165, 1.54) is 22.4 Å². The number of aliphatic hydroxyl groups excluding tert-OH is 3. The van der Waals surface area contributed by atoms with Crippen molar-refractivity contribution in [3.05, 3.63) is 22.6 Å². The van der Waals surface area contributed by atoms with Crippen LogP contribution in [0.1, 0.15) is 6.23 Å². The van der Waals surface area contributed by atoms with Crippen molar-refractivity contribution in [3.63, 3.8) is 0 Å². The van der Waals surface area contributed by atoms with Gasteiger partial charge in [-0.25, -0.2) is 0 Å². The van der Waals surface area contributed by atoms with Crippen LogP contribution in [0.4, 0.5) is 5.95 Å². The zero-order valence-corrected chi connectivity index (χ0v) is 11.2. The zero-order chi connectivity index (χ0) is 15.3. The fourth-order valence-electron chi connectivity index (χ4n) is 2.51. The highest BCUT2D eigenvalue weighted by molar-refractivity contribution is 5.76. The van der Waals surface area contributed by atoms with E-state index in [1.54, 1.807) is 6.07 Å². The Morgan fingerprint density at radius 3 is 2.76 bits per heavy atom. The van der Waals surface area contributed by atoms with E-state index in [0.717, 1.165) is 0 Å². The molecule has 0 radical (unpaired) electrons. The lowest BCUT2D eigenvalue weighted by Gasteiger charge is -2.17. The molecule has 2 aromatic rings. The Kier molecular flexibility index (Phi) is 3.21. The number of hydrogen-bond donors (Lipinski definition) is 4. The van der Waals surface area contributed by atoms with Crippen LogP contribution < -0.4 is 11.3 Å². The SMILES string of the molecule is Cn1c(N)nc2c(ccn2[C@@H]2O[C@H](CO)[C@@H](O)[C@H]2O)c1=O. The molecule has 3 rings (SSSR count). The van der Waals surface area contributed by atoms with E-state index in [1.807, 2.05) is 0 Å². The first-order valence-corrected chi connectivity index (χ1v) is 6.41. The van der Waals surface area contributed by atoms with Crippen LogP contribution in [0.25, 0.3) is 11.0 Å². The maximum atomic E-state index is 12.1. The summed E-state index contributed by atoms with van der Waals surface area (Å²) in [5.41, 5.74) is 5.61. The van der Waals surface area contributed by atoms with Gasteiger partial charge in [-0.3, -0.25) is 9.36 Å². The molecule has 0 bridgehead atoms. The monoisotopic (exact) mass is 296 g/mol. The van der Waals surface area contributed by atoms with Crippen LogP contribution >= 0.6 is 0 Å². The van der Waals surface area contributed by atoms with Gasteiger partial charge >= 0.3 is 0 Å². The molecule has 1 fully saturated rings. The molecule has 4 atom stereocenters. The smallest absolute Gasteiger partial charge is 0.264 e. The summed E-state index contributed by atoms with van der Waals surface area (Å²) in [4.78, 5) is 16.2. The lowest BCUT2D eigenvalue weighted by atomic mass is 10.1. The topological polar surface area (TPSA) is 136 Å². The molecule has 0 amide bonds. The average Bonchev–Trinajstić information content (AvgIpc) is 2.99. The summed E-state index contributed by atoms with van der Waals surface area (Å²) in [5.74, 6) is 0.0270. The average molecular weight is 296 g/mol. The minimum Gasteiger partial charge on any atom is -0.394 e. The minimum atomic E-state index is -1.25. The van der Waals surface area contributed by atoms with Gasteiger partial charge in [0.1, 0.15) is 18.3 Å². The van der Waals surface area contributed by atoms with Crippen molar-refractivity contribution in [1.82, 2.24) is 14.1 Å². The minimum absolute atomic E-state index is 0.0270. The molecule has 5 N–H and O–H groups in total. The third kappa shape index (κ3) is 1.94. The second-order valence-electron chi connectivity index (χ2n) is 5.02. The highest BCUT2D eigenvalue weighted by atomic mass is 16.6. The van der Waals surface area contributed by atoms with Gasteiger partial charge in [-0.1, -0.05) is 0 Å². The van der Waals surface area contributed by atoms with E-state index in [-0.39, 0.29) is 17.2 Å². The predicted octanol–water partition coefficient (Wildman–Crippen LogP) is -2.07. The number of ether oxygens (including phenoxy) is 1. The van der Waals surface area contributed by atoms with Crippen molar-refractivity contribution < 1.29 is 20.1 Å². The third-order valence-electron chi connectivity index (χ3n) is 3.78. The molecule has 0 aromatic carbocycles. The first kappa shape index (κ1) is 14.0. The Morgan fingerprint density at radius 1 is 1.43 bits per heavy atom. The Bertz CT molecular complexity index is 739. The van der Waals surface area contributed by atoms with Crippen LogP contribution in [0.5, 0.6) is 0 Å². The number of nitrogens with zero attached hydrogens (tertiary/aromatic N) is 3. The lowest BCUT2D eigenvalue weighted by molar-refractivity contribution is -0.0508. The molecule has 1 saturated heterocycles. The van der Waals surface area contributed by atoms with E-state index in [9.17, 15) is 15.0 Å². The molecular formula is C12H16N4O5. The first-order chi connectivity index (χ1) is 9.95. The molecule has 0 saturated carbocycles. The number of fused-ring (bicyclic) bond motifs is 1. The molecule has 114 valence electrons. The van der Waals surface area contributed by atoms with Gasteiger partial charge in [-0.2, -0.15) is 4.98 Å². The van der Waals surface area contributed by atoms with Crippen LogP contribution in [0.15, 0.2) is 17.1 Å². The molecule has 0 unspecified atom stereocenters. The van der Waals surface area contributed by atoms with Crippen molar-refractivity contribution in [3.8, 4) is 0 Å². The number of hydrogen-bond acceptors (Lipinski definition) is 7. The standard InChI is InChI=1S/C12H16N4O5/c1-15-10(20)5-2-3-16(9(5)14-12(15)13)11-8(19)7(18)6(4-17)21-11/h2-3,6-8,11,17-19H,4H2,1H3,(H2,13,14)/t6-,7-,8-,11-/m1/s1. The second-order valence-corrected chi connectivity index (χ2v) is 5.02. The van der Waals surface area contributed by atoms with Crippen LogP contribution in [0, 0.1) is 0 Å². The summed E-state index contributed by atoms with van der Waals surface area (Å²) in [6.07, 6.45) is -2.79. The molecule has 9 heteroatoms. The Morgan fingerprint density at radius 2 is 2.14 bits per heavy atom. The Hall–Kier alpha value is -1.94. The largest absolute Gasteiger partial charge is 0.394 e. The van der Waals surface area contributed by atoms with Crippen molar-refractivity contribution in [2.24, 2.45) is 7.05 Å². The third-order valence-corrected chi connectivity index (χ3v) is 3.78. The lowest BCUT2D eigenvalue weighted by Crippen LogP contribution is -2.33. The number of rotatable bonds is 2. The molecule has 1 aliphatic heterocycles. The van der Waals surface area contributed by atoms with Gasteiger partial charge in [-0.15, -0.1) is 0 Å². The van der Waals surface area contributed by atoms with E-state index in [0.29, 0.717) is 5.39 Å². The quantitative estimate of drug-likeness (QED) is 0.500. The fraction of sp³-hybridized carbons (Fsp3) is 0.500.